The Kier molecular flexibility index (Phi) is 4.71. The predicted octanol–water partition coefficient (Wildman–Crippen LogP) is 1.02. The Balaban J connectivity index is 1.49. The first kappa shape index (κ1) is 16.2. The van der Waals surface area contributed by atoms with E-state index in [1.54, 1.807) is 6.20 Å². The van der Waals surface area contributed by atoms with Gasteiger partial charge in [-0.05, 0) is 31.5 Å². The summed E-state index contributed by atoms with van der Waals surface area (Å²) >= 11 is 0. The number of rotatable bonds is 4. The lowest BCUT2D eigenvalue weighted by molar-refractivity contribution is 0.122. The zero-order valence-corrected chi connectivity index (χ0v) is 14.2. The number of morpholine rings is 1. The lowest BCUT2D eigenvalue weighted by Crippen LogP contribution is -2.37. The van der Waals surface area contributed by atoms with Crippen molar-refractivity contribution < 1.29 is 4.74 Å². The highest BCUT2D eigenvalue weighted by Gasteiger charge is 2.28. The van der Waals surface area contributed by atoms with Crippen molar-refractivity contribution in [3.8, 4) is 0 Å². The third-order valence-electron chi connectivity index (χ3n) is 4.76. The maximum atomic E-state index is 5.75. The molecular weight excluding hydrogens is 318 g/mol. The lowest BCUT2D eigenvalue weighted by Gasteiger charge is -2.27. The van der Waals surface area contributed by atoms with E-state index in [1.807, 2.05) is 18.3 Å². The summed E-state index contributed by atoms with van der Waals surface area (Å²) in [7, 11) is 0. The summed E-state index contributed by atoms with van der Waals surface area (Å²) < 4.78 is 5.40. The number of aromatic nitrogens is 4. The van der Waals surface area contributed by atoms with Crippen LogP contribution in [-0.2, 0) is 11.3 Å². The van der Waals surface area contributed by atoms with Crippen molar-refractivity contribution in [2.75, 3.05) is 43.5 Å². The lowest BCUT2D eigenvalue weighted by atomic mass is 10.1. The molecule has 0 spiro atoms. The second kappa shape index (κ2) is 7.28. The van der Waals surface area contributed by atoms with Crippen LogP contribution in [0.15, 0.2) is 24.5 Å². The molecule has 2 fully saturated rings. The zero-order valence-electron chi connectivity index (χ0n) is 14.2. The standard InChI is InChI=1S/C17H23N7O/c18-16-19-6-4-14(22-16)15-2-1-7-24(15)12-13-3-5-20-17(21-13)23-8-10-25-11-9-23/h3-6,15H,1-2,7-12H2,(H2,18,19,22). The molecule has 0 aromatic carbocycles. The van der Waals surface area contributed by atoms with E-state index in [-0.39, 0.29) is 6.04 Å². The number of nitrogens with zero attached hydrogens (tertiary/aromatic N) is 6. The highest BCUT2D eigenvalue weighted by atomic mass is 16.5. The average Bonchev–Trinajstić information content (AvgIpc) is 3.11. The number of ether oxygens (including phenoxy) is 1. The monoisotopic (exact) mass is 341 g/mol. The van der Waals surface area contributed by atoms with Crippen LogP contribution >= 0.6 is 0 Å². The van der Waals surface area contributed by atoms with Crippen molar-refractivity contribution in [3.63, 3.8) is 0 Å². The van der Waals surface area contributed by atoms with Crippen LogP contribution in [0.1, 0.15) is 30.3 Å². The van der Waals surface area contributed by atoms with Crippen LogP contribution in [0.4, 0.5) is 11.9 Å². The molecule has 2 saturated heterocycles. The number of hydrogen-bond donors (Lipinski definition) is 1. The van der Waals surface area contributed by atoms with E-state index in [9.17, 15) is 0 Å². The molecular formula is C17H23N7O. The van der Waals surface area contributed by atoms with Crippen molar-refractivity contribution in [2.45, 2.75) is 25.4 Å². The molecule has 0 amide bonds. The molecule has 0 radical (unpaired) electrons. The molecule has 8 heteroatoms. The van der Waals surface area contributed by atoms with E-state index in [0.29, 0.717) is 5.95 Å². The van der Waals surface area contributed by atoms with Gasteiger partial charge in [0.05, 0.1) is 30.6 Å². The summed E-state index contributed by atoms with van der Waals surface area (Å²) in [6, 6.07) is 4.22. The van der Waals surface area contributed by atoms with E-state index in [2.05, 4.69) is 24.8 Å². The number of nitrogens with two attached hydrogens (primary N) is 1. The normalized spacial score (nSPS) is 21.6. The first-order chi connectivity index (χ1) is 12.3. The zero-order chi connectivity index (χ0) is 17.1. The molecule has 25 heavy (non-hydrogen) atoms. The highest BCUT2D eigenvalue weighted by molar-refractivity contribution is 5.30. The molecule has 132 valence electrons. The van der Waals surface area contributed by atoms with Gasteiger partial charge in [-0.25, -0.2) is 19.9 Å². The fourth-order valence-corrected chi connectivity index (χ4v) is 3.52. The summed E-state index contributed by atoms with van der Waals surface area (Å²) in [5, 5.41) is 0. The molecule has 2 aliphatic heterocycles. The minimum Gasteiger partial charge on any atom is -0.378 e. The Morgan fingerprint density at radius 2 is 1.92 bits per heavy atom. The molecule has 1 unspecified atom stereocenters. The summed E-state index contributed by atoms with van der Waals surface area (Å²) in [4.78, 5) is 22.2. The Labute approximate surface area is 147 Å². The Morgan fingerprint density at radius 1 is 1.08 bits per heavy atom. The Bertz CT molecular complexity index is 720. The van der Waals surface area contributed by atoms with Crippen molar-refractivity contribution in [3.05, 3.63) is 35.9 Å². The van der Waals surface area contributed by atoms with Gasteiger partial charge in [0.25, 0.3) is 0 Å². The van der Waals surface area contributed by atoms with Gasteiger partial charge in [0.15, 0.2) is 0 Å². The average molecular weight is 341 g/mol. The van der Waals surface area contributed by atoms with Crippen LogP contribution < -0.4 is 10.6 Å². The Morgan fingerprint density at radius 3 is 2.76 bits per heavy atom. The van der Waals surface area contributed by atoms with E-state index in [0.717, 1.165) is 69.6 Å². The van der Waals surface area contributed by atoms with Gasteiger partial charge in [0.2, 0.25) is 11.9 Å². The molecule has 0 bridgehead atoms. The minimum atomic E-state index is 0.270. The van der Waals surface area contributed by atoms with Crippen LogP contribution in [0.2, 0.25) is 0 Å². The topological polar surface area (TPSA) is 93.3 Å². The molecule has 4 heterocycles. The largest absolute Gasteiger partial charge is 0.378 e. The van der Waals surface area contributed by atoms with Crippen LogP contribution in [0.5, 0.6) is 0 Å². The number of anilines is 2. The first-order valence-corrected chi connectivity index (χ1v) is 8.77. The number of hydrogen-bond acceptors (Lipinski definition) is 8. The third-order valence-corrected chi connectivity index (χ3v) is 4.76. The second-order valence-corrected chi connectivity index (χ2v) is 6.42. The van der Waals surface area contributed by atoms with E-state index in [1.165, 1.54) is 0 Å². The van der Waals surface area contributed by atoms with E-state index >= 15 is 0 Å². The summed E-state index contributed by atoms with van der Waals surface area (Å²) in [6.07, 6.45) is 5.81. The van der Waals surface area contributed by atoms with Crippen molar-refractivity contribution in [1.82, 2.24) is 24.8 Å². The van der Waals surface area contributed by atoms with Crippen molar-refractivity contribution in [1.29, 1.82) is 0 Å². The summed E-state index contributed by atoms with van der Waals surface area (Å²) in [6.45, 7) is 4.97. The smallest absolute Gasteiger partial charge is 0.225 e. The van der Waals surface area contributed by atoms with Crippen molar-refractivity contribution in [2.24, 2.45) is 0 Å². The van der Waals surface area contributed by atoms with E-state index < -0.39 is 0 Å². The molecule has 4 rings (SSSR count). The van der Waals surface area contributed by atoms with Gasteiger partial charge in [-0.15, -0.1) is 0 Å². The van der Waals surface area contributed by atoms with E-state index in [4.69, 9.17) is 15.5 Å². The molecule has 0 aliphatic carbocycles. The summed E-state index contributed by atoms with van der Waals surface area (Å²) in [5.41, 5.74) is 7.78. The van der Waals surface area contributed by atoms with Crippen LogP contribution in [-0.4, -0.2) is 57.7 Å². The fourth-order valence-electron chi connectivity index (χ4n) is 3.52. The van der Waals surface area contributed by atoms with Crippen LogP contribution in [0.3, 0.4) is 0 Å². The Hall–Kier alpha value is -2.32. The highest BCUT2D eigenvalue weighted by Crippen LogP contribution is 2.32. The fraction of sp³-hybridized carbons (Fsp3) is 0.529. The molecule has 8 nitrogen and oxygen atoms in total. The van der Waals surface area contributed by atoms with Gasteiger partial charge in [0.1, 0.15) is 0 Å². The third kappa shape index (κ3) is 3.69. The predicted molar refractivity (Wildman–Crippen MR) is 93.9 cm³/mol. The second-order valence-electron chi connectivity index (χ2n) is 6.42. The van der Waals surface area contributed by atoms with Gasteiger partial charge >= 0.3 is 0 Å². The maximum absolute atomic E-state index is 5.75. The summed E-state index contributed by atoms with van der Waals surface area (Å²) in [5.74, 6) is 1.13. The molecule has 0 saturated carbocycles. The number of nitrogen functional groups attached to an aromatic ring is 1. The van der Waals surface area contributed by atoms with Gasteiger partial charge in [-0.1, -0.05) is 0 Å². The van der Waals surface area contributed by atoms with Gasteiger partial charge in [-0.3, -0.25) is 4.90 Å². The minimum absolute atomic E-state index is 0.270. The van der Waals surface area contributed by atoms with Crippen LogP contribution in [0, 0.1) is 0 Å². The van der Waals surface area contributed by atoms with Crippen molar-refractivity contribution >= 4 is 11.9 Å². The molecule has 2 aromatic heterocycles. The quantitative estimate of drug-likeness (QED) is 0.881. The SMILES string of the molecule is Nc1nccc(C2CCCN2Cc2ccnc(N3CCOCC3)n2)n1. The molecule has 2 N–H and O–H groups in total. The molecule has 2 aromatic rings. The van der Waals surface area contributed by atoms with Gasteiger partial charge < -0.3 is 15.4 Å². The molecule has 1 atom stereocenters. The van der Waals surface area contributed by atoms with Gasteiger partial charge in [0, 0.05) is 32.0 Å². The van der Waals surface area contributed by atoms with Crippen LogP contribution in [0.25, 0.3) is 0 Å². The number of likely N-dealkylation sites (tertiary alicyclic amines) is 1. The molecule has 2 aliphatic rings. The first-order valence-electron chi connectivity index (χ1n) is 8.77. The maximum Gasteiger partial charge on any atom is 0.225 e. The van der Waals surface area contributed by atoms with Gasteiger partial charge in [-0.2, -0.15) is 0 Å².